The number of para-hydroxylation sites is 12. The van der Waals surface area contributed by atoms with Gasteiger partial charge in [0, 0.05) is 126 Å². The molecular formula is C136H92N4O3S. The highest BCUT2D eigenvalue weighted by molar-refractivity contribution is 7.26. The Balaban J connectivity index is 0.000000101. The highest BCUT2D eigenvalue weighted by atomic mass is 32.1. The van der Waals surface area contributed by atoms with Gasteiger partial charge in [-0.3, -0.25) is 0 Å². The van der Waals surface area contributed by atoms with Gasteiger partial charge >= 0.3 is 0 Å². The minimum absolute atomic E-state index is 0.902. The summed E-state index contributed by atoms with van der Waals surface area (Å²) in [7, 11) is 0. The zero-order chi connectivity index (χ0) is 95.6. The van der Waals surface area contributed by atoms with Gasteiger partial charge in [-0.05, 0) is 260 Å². The maximum atomic E-state index is 6.48. The first kappa shape index (κ1) is 86.7. The number of hydrogen-bond donors (Lipinski definition) is 0. The molecule has 0 aliphatic carbocycles. The first-order valence-electron chi connectivity index (χ1n) is 48.8. The van der Waals surface area contributed by atoms with Gasteiger partial charge in [0.15, 0.2) is 0 Å². The Morgan fingerprint density at radius 2 is 0.410 bits per heavy atom. The number of rotatable bonds is 16. The maximum absolute atomic E-state index is 6.48. The molecule has 7 nitrogen and oxygen atoms in total. The van der Waals surface area contributed by atoms with Crippen molar-refractivity contribution in [3.63, 3.8) is 0 Å². The van der Waals surface area contributed by atoms with E-state index in [4.69, 9.17) is 13.3 Å². The molecule has 8 heteroatoms. The highest BCUT2D eigenvalue weighted by Gasteiger charge is 2.27. The van der Waals surface area contributed by atoms with Crippen LogP contribution in [0.15, 0.2) is 571 Å². The zero-order valence-electron chi connectivity index (χ0n) is 78.5. The van der Waals surface area contributed by atoms with Crippen molar-refractivity contribution in [1.82, 2.24) is 0 Å². The van der Waals surface area contributed by atoms with E-state index >= 15 is 0 Å². The van der Waals surface area contributed by atoms with Gasteiger partial charge in [0.05, 0.1) is 22.7 Å². The molecule has 0 spiro atoms. The summed E-state index contributed by atoms with van der Waals surface area (Å²) in [6.07, 6.45) is 0. The van der Waals surface area contributed by atoms with Crippen LogP contribution in [-0.4, -0.2) is 0 Å². The summed E-state index contributed by atoms with van der Waals surface area (Å²) in [5, 5.41) is 19.2. The smallest absolute Gasteiger partial charge is 0.143 e. The van der Waals surface area contributed by atoms with Gasteiger partial charge in [0.2, 0.25) is 0 Å². The number of thiophene rings is 1. The monoisotopic (exact) mass is 1860 g/mol. The Bertz CT molecular complexity index is 9360. The molecule has 28 rings (SSSR count). The van der Waals surface area contributed by atoms with Crippen molar-refractivity contribution in [1.29, 1.82) is 0 Å². The standard InChI is InChI=1S/3C34H23NO.C34H23NS/c1-3-14-26(15-4-1)35(27-16-5-2-6-17-27)32-23-25-13-8-7-12-24(25)22-31(32)30-20-11-19-29-28-18-9-10-21-33(28)36-34(29)30;1-3-13-27(14-4-1)35(28-15-5-2-6-16-28)32-23-25-12-8-7-11-24(25)21-30(32)26-19-20-34-31(22-26)29-17-9-10-18-33(29)36-34;1-3-13-27(14-4-1)35(28-15-5-2-6-16-28)32-22-25-12-8-7-11-24(25)21-31(32)26-19-20-30-29-17-9-10-18-33(29)36-34(30)23-26;1-3-14-26(15-4-1)35(27-16-5-2-6-17-27)31-23-25-13-8-7-12-24(25)22-30(31)28-19-11-21-33-34(28)29-18-9-10-20-32(29)36-33/h4*1-23H. The maximum Gasteiger partial charge on any atom is 0.143 e. The van der Waals surface area contributed by atoms with E-state index in [2.05, 4.69) is 541 Å². The summed E-state index contributed by atoms with van der Waals surface area (Å²) in [5.74, 6) is 0. The SMILES string of the molecule is c1ccc(N(c2ccccc2)c2cc3ccccc3cc2-c2ccc3c(c2)oc2ccccc23)cc1.c1ccc(N(c2ccccc2)c2cc3ccccc3cc2-c2ccc3oc4ccccc4c3c2)cc1.c1ccc(N(c2ccccc2)c2cc3ccccc3cc2-c2cccc3c2oc2ccccc23)cc1.c1ccc(N(c2ccccc2)c2cc3ccccc3cc2-c2cccc3sc4ccccc4c23)cc1. The average molecular weight is 1860 g/mol. The molecule has 0 fully saturated rings. The van der Waals surface area contributed by atoms with Crippen LogP contribution < -0.4 is 19.6 Å². The summed E-state index contributed by atoms with van der Waals surface area (Å²) in [6.45, 7) is 0. The average Bonchev–Trinajstić information content (AvgIpc) is 1.54. The van der Waals surface area contributed by atoms with Crippen molar-refractivity contribution < 1.29 is 13.3 Å². The molecule has 0 amide bonds. The molecule has 0 atom stereocenters. The van der Waals surface area contributed by atoms with Crippen LogP contribution in [0.2, 0.25) is 0 Å². The summed E-state index contributed by atoms with van der Waals surface area (Å²) in [4.78, 5) is 9.41. The van der Waals surface area contributed by atoms with Gasteiger partial charge in [0.1, 0.15) is 33.5 Å². The molecule has 4 aromatic heterocycles. The molecule has 0 saturated heterocycles. The van der Waals surface area contributed by atoms with Crippen molar-refractivity contribution in [2.75, 3.05) is 19.6 Å². The van der Waals surface area contributed by atoms with E-state index in [9.17, 15) is 0 Å². The molecule has 0 radical (unpaired) electrons. The predicted molar refractivity (Wildman–Crippen MR) is 611 cm³/mol. The van der Waals surface area contributed by atoms with E-state index in [1.165, 1.54) is 85.6 Å². The van der Waals surface area contributed by atoms with E-state index in [0.29, 0.717) is 0 Å². The fourth-order valence-electron chi connectivity index (χ4n) is 20.6. The lowest BCUT2D eigenvalue weighted by molar-refractivity contribution is 0.668. The van der Waals surface area contributed by atoms with Crippen molar-refractivity contribution >= 4 is 209 Å². The van der Waals surface area contributed by atoms with Gasteiger partial charge in [-0.15, -0.1) is 11.3 Å². The lowest BCUT2D eigenvalue weighted by Crippen LogP contribution is -2.11. The van der Waals surface area contributed by atoms with Crippen molar-refractivity contribution in [2.45, 2.75) is 0 Å². The molecule has 24 aromatic carbocycles. The molecule has 0 bridgehead atoms. The second-order valence-corrected chi connectivity index (χ2v) is 37.2. The number of nitrogens with zero attached hydrogens (tertiary/aromatic N) is 4. The lowest BCUT2D eigenvalue weighted by atomic mass is 9.94. The molecule has 0 aliphatic heterocycles. The number of fused-ring (bicyclic) bond motifs is 16. The third kappa shape index (κ3) is 16.8. The molecule has 0 N–H and O–H groups in total. The first-order valence-corrected chi connectivity index (χ1v) is 49.6. The molecule has 0 aliphatic rings. The number of furan rings is 3. The summed E-state index contributed by atoms with van der Waals surface area (Å²) >= 11 is 1.87. The Kier molecular flexibility index (Phi) is 23.2. The quantitative estimate of drug-likeness (QED) is 0.0955. The minimum Gasteiger partial charge on any atom is -0.456 e. The third-order valence-electron chi connectivity index (χ3n) is 27.3. The molecule has 4 heterocycles. The molecule has 680 valence electrons. The zero-order valence-corrected chi connectivity index (χ0v) is 79.4. The molecule has 28 aromatic rings. The number of anilines is 12. The number of hydrogen-bond acceptors (Lipinski definition) is 8. The van der Waals surface area contributed by atoms with Gasteiger partial charge in [0.25, 0.3) is 0 Å². The first-order chi connectivity index (χ1) is 71.4. The van der Waals surface area contributed by atoms with Crippen molar-refractivity contribution in [2.24, 2.45) is 0 Å². The molecule has 0 saturated carbocycles. The summed E-state index contributed by atoms with van der Waals surface area (Å²) in [5.41, 5.74) is 28.3. The van der Waals surface area contributed by atoms with Crippen LogP contribution >= 0.6 is 11.3 Å². The Labute approximate surface area is 838 Å². The van der Waals surface area contributed by atoms with E-state index in [1.54, 1.807) is 0 Å². The molecule has 0 unspecified atom stereocenters. The van der Waals surface area contributed by atoms with Crippen molar-refractivity contribution in [3.8, 4) is 44.5 Å². The van der Waals surface area contributed by atoms with Gasteiger partial charge in [-0.1, -0.05) is 358 Å². The Morgan fingerprint density at radius 3 is 0.819 bits per heavy atom. The van der Waals surface area contributed by atoms with Gasteiger partial charge in [-0.25, -0.2) is 0 Å². The topological polar surface area (TPSA) is 52.4 Å². The van der Waals surface area contributed by atoms with Crippen LogP contribution in [0.25, 0.3) is 174 Å². The van der Waals surface area contributed by atoms with E-state index < -0.39 is 0 Å². The van der Waals surface area contributed by atoms with Crippen LogP contribution in [0, 0.1) is 0 Å². The van der Waals surface area contributed by atoms with Crippen LogP contribution in [0.1, 0.15) is 0 Å². The Hall–Kier alpha value is -18.9. The summed E-state index contributed by atoms with van der Waals surface area (Å²) in [6, 6.07) is 197. The number of benzene rings is 24. The molecule has 144 heavy (non-hydrogen) atoms. The van der Waals surface area contributed by atoms with Crippen molar-refractivity contribution in [3.05, 3.63) is 558 Å². The Morgan fingerprint density at radius 1 is 0.146 bits per heavy atom. The minimum atomic E-state index is 0.902. The molecular weight excluding hydrogens is 1770 g/mol. The second kappa shape index (κ2) is 38.5. The largest absolute Gasteiger partial charge is 0.456 e. The van der Waals surface area contributed by atoms with E-state index in [-0.39, 0.29) is 0 Å². The normalized spacial score (nSPS) is 11.3. The lowest BCUT2D eigenvalue weighted by Gasteiger charge is -2.28. The van der Waals surface area contributed by atoms with Crippen LogP contribution in [0.5, 0.6) is 0 Å². The van der Waals surface area contributed by atoms with E-state index in [1.807, 2.05) is 47.7 Å². The third-order valence-corrected chi connectivity index (χ3v) is 28.4. The second-order valence-electron chi connectivity index (χ2n) is 36.1. The van der Waals surface area contributed by atoms with Gasteiger partial charge < -0.3 is 32.9 Å². The fourth-order valence-corrected chi connectivity index (χ4v) is 21.8. The van der Waals surface area contributed by atoms with E-state index in [0.717, 1.165) is 156 Å². The highest BCUT2D eigenvalue weighted by Crippen LogP contribution is 2.53. The fraction of sp³-hybridized carbons (Fsp3) is 0. The van der Waals surface area contributed by atoms with Crippen LogP contribution in [-0.2, 0) is 0 Å². The predicted octanol–water partition coefficient (Wildman–Crippen LogP) is 40.0. The van der Waals surface area contributed by atoms with Crippen LogP contribution in [0.4, 0.5) is 68.2 Å². The van der Waals surface area contributed by atoms with Crippen LogP contribution in [0.3, 0.4) is 0 Å². The van der Waals surface area contributed by atoms with Gasteiger partial charge in [-0.2, -0.15) is 0 Å². The summed E-state index contributed by atoms with van der Waals surface area (Å²) < 4.78 is 21.5.